The maximum Gasteiger partial charge on any atom is 0.0936 e. The van der Waals surface area contributed by atoms with Crippen molar-refractivity contribution in [2.75, 3.05) is 0 Å². The van der Waals surface area contributed by atoms with Gasteiger partial charge in [-0.3, -0.25) is 0 Å². The zero-order chi connectivity index (χ0) is 14.7. The topological polar surface area (TPSA) is 24.9 Å². The summed E-state index contributed by atoms with van der Waals surface area (Å²) >= 11 is 1.89. The van der Waals surface area contributed by atoms with Crippen LogP contribution in [-0.2, 0) is 13.0 Å². The van der Waals surface area contributed by atoms with Crippen LogP contribution in [-0.4, -0.2) is 11.0 Å². The van der Waals surface area contributed by atoms with E-state index in [1.54, 1.807) is 0 Å². The van der Waals surface area contributed by atoms with Crippen molar-refractivity contribution in [1.29, 1.82) is 0 Å². The molecule has 1 aromatic carbocycles. The molecule has 1 aromatic heterocycles. The molecule has 0 aliphatic heterocycles. The van der Waals surface area contributed by atoms with Gasteiger partial charge < -0.3 is 5.32 Å². The van der Waals surface area contributed by atoms with Crippen molar-refractivity contribution in [2.45, 2.75) is 52.1 Å². The molecule has 1 aliphatic rings. The smallest absolute Gasteiger partial charge is 0.0936 e. The molecule has 1 fully saturated rings. The van der Waals surface area contributed by atoms with E-state index < -0.39 is 0 Å². The fourth-order valence-electron chi connectivity index (χ4n) is 2.39. The lowest BCUT2D eigenvalue weighted by molar-refractivity contribution is 0.585. The molecule has 1 heterocycles. The number of aryl methyl sites for hydroxylation is 1. The summed E-state index contributed by atoms with van der Waals surface area (Å²) < 4.78 is 0. The predicted molar refractivity (Wildman–Crippen MR) is 90.6 cm³/mol. The second kappa shape index (κ2) is 6.71. The minimum Gasteiger partial charge on any atom is -0.309 e. The van der Waals surface area contributed by atoms with E-state index in [9.17, 15) is 0 Å². The summed E-state index contributed by atoms with van der Waals surface area (Å²) in [5, 5.41) is 4.92. The molecule has 0 atom stereocenters. The van der Waals surface area contributed by atoms with E-state index >= 15 is 0 Å². The monoisotopic (exact) mass is 300 g/mol. The van der Waals surface area contributed by atoms with Gasteiger partial charge in [0, 0.05) is 23.0 Å². The van der Waals surface area contributed by atoms with Gasteiger partial charge >= 0.3 is 0 Å². The maximum atomic E-state index is 4.93. The second-order valence-electron chi connectivity index (χ2n) is 6.33. The van der Waals surface area contributed by atoms with Gasteiger partial charge in [-0.2, -0.15) is 0 Å². The number of benzene rings is 1. The highest BCUT2D eigenvalue weighted by Crippen LogP contribution is 2.30. The Balaban J connectivity index is 1.80. The lowest BCUT2D eigenvalue weighted by Gasteiger charge is -2.03. The minimum atomic E-state index is 0.738. The molecule has 0 unspecified atom stereocenters. The highest BCUT2D eigenvalue weighted by molar-refractivity contribution is 7.12. The molecule has 0 amide bonds. The maximum absolute atomic E-state index is 4.93. The molecule has 3 heteroatoms. The average Bonchev–Trinajstić information content (AvgIpc) is 3.23. The third kappa shape index (κ3) is 4.14. The lowest BCUT2D eigenvalue weighted by atomic mass is 10.1. The molecule has 1 aliphatic carbocycles. The molecule has 112 valence electrons. The van der Waals surface area contributed by atoms with E-state index in [0.29, 0.717) is 0 Å². The van der Waals surface area contributed by atoms with Crippen LogP contribution in [0.1, 0.15) is 43.0 Å². The van der Waals surface area contributed by atoms with E-state index in [-0.39, 0.29) is 0 Å². The van der Waals surface area contributed by atoms with Crippen molar-refractivity contribution in [3.63, 3.8) is 0 Å². The normalized spacial score (nSPS) is 14.8. The first-order chi connectivity index (χ1) is 10.2. The quantitative estimate of drug-likeness (QED) is 0.805. The van der Waals surface area contributed by atoms with E-state index in [4.69, 9.17) is 4.98 Å². The Hall–Kier alpha value is -1.19. The molecule has 0 radical (unpaired) electrons. The highest BCUT2D eigenvalue weighted by atomic mass is 32.1. The zero-order valence-corrected chi connectivity index (χ0v) is 13.7. The molecule has 21 heavy (non-hydrogen) atoms. The van der Waals surface area contributed by atoms with Crippen molar-refractivity contribution < 1.29 is 0 Å². The molecular weight excluding hydrogens is 276 g/mol. The van der Waals surface area contributed by atoms with E-state index in [0.717, 1.165) is 24.9 Å². The predicted octanol–water partition coefficient (Wildman–Crippen LogP) is 4.65. The molecule has 1 saturated carbocycles. The van der Waals surface area contributed by atoms with Crippen LogP contribution < -0.4 is 5.32 Å². The van der Waals surface area contributed by atoms with Gasteiger partial charge in [0.05, 0.1) is 10.7 Å². The largest absolute Gasteiger partial charge is 0.309 e. The molecule has 1 N–H and O–H groups in total. The second-order valence-corrected chi connectivity index (χ2v) is 7.50. The number of hydrogen-bond donors (Lipinski definition) is 1. The molecule has 0 spiro atoms. The molecule has 2 nitrogen and oxygen atoms in total. The fourth-order valence-corrected chi connectivity index (χ4v) is 3.44. The van der Waals surface area contributed by atoms with Crippen molar-refractivity contribution in [3.8, 4) is 11.3 Å². The van der Waals surface area contributed by atoms with Gasteiger partial charge in [-0.05, 0) is 31.6 Å². The molecule has 3 rings (SSSR count). The Kier molecular flexibility index (Phi) is 4.71. The zero-order valence-electron chi connectivity index (χ0n) is 12.9. The Morgan fingerprint density at radius 3 is 2.67 bits per heavy atom. The van der Waals surface area contributed by atoms with Gasteiger partial charge in [-0.1, -0.05) is 44.2 Å². The van der Waals surface area contributed by atoms with Crippen LogP contribution in [0.25, 0.3) is 11.3 Å². The van der Waals surface area contributed by atoms with Crippen LogP contribution in [0, 0.1) is 5.92 Å². The summed E-state index contributed by atoms with van der Waals surface area (Å²) in [6.07, 6.45) is 4.99. The van der Waals surface area contributed by atoms with Gasteiger partial charge in [0.15, 0.2) is 0 Å². The summed E-state index contributed by atoms with van der Waals surface area (Å²) in [6, 6.07) is 11.3. The van der Waals surface area contributed by atoms with E-state index in [1.807, 2.05) is 11.3 Å². The number of rotatable bonds is 7. The fraction of sp³-hybridized carbons (Fsp3) is 0.500. The molecule has 0 bridgehead atoms. The molecule has 0 saturated heterocycles. The first kappa shape index (κ1) is 14.7. The van der Waals surface area contributed by atoms with Crippen LogP contribution >= 0.6 is 11.3 Å². The Labute approximate surface area is 131 Å². The highest BCUT2D eigenvalue weighted by Gasteiger charge is 2.22. The van der Waals surface area contributed by atoms with Crippen LogP contribution in [0.15, 0.2) is 30.3 Å². The third-order valence-electron chi connectivity index (χ3n) is 3.85. The number of hydrogen-bond acceptors (Lipinski definition) is 3. The van der Waals surface area contributed by atoms with Crippen LogP contribution in [0.2, 0.25) is 0 Å². The Morgan fingerprint density at radius 1 is 1.24 bits per heavy atom. The number of aromatic nitrogens is 1. The number of nitrogens with zero attached hydrogens (tertiary/aromatic N) is 1. The average molecular weight is 300 g/mol. The van der Waals surface area contributed by atoms with Gasteiger partial charge in [0.2, 0.25) is 0 Å². The first-order valence-electron chi connectivity index (χ1n) is 7.99. The van der Waals surface area contributed by atoms with Crippen molar-refractivity contribution in [3.05, 3.63) is 40.2 Å². The van der Waals surface area contributed by atoms with Gasteiger partial charge in [0.25, 0.3) is 0 Å². The first-order valence-corrected chi connectivity index (χ1v) is 8.81. The Morgan fingerprint density at radius 2 is 2.00 bits per heavy atom. The standard InChI is InChI=1S/C18H24N2S/c1-13(2)8-11-17-20-18(14-6-4-3-5-7-14)16(21-17)12-19-15-9-10-15/h3-7,13,15,19H,8-12H2,1-2H3. The molecule has 2 aromatic rings. The number of thiazole rings is 1. The molecular formula is C18H24N2S. The lowest BCUT2D eigenvalue weighted by Crippen LogP contribution is -2.14. The van der Waals surface area contributed by atoms with Crippen LogP contribution in [0.5, 0.6) is 0 Å². The minimum absolute atomic E-state index is 0.738. The summed E-state index contributed by atoms with van der Waals surface area (Å²) in [7, 11) is 0. The van der Waals surface area contributed by atoms with Crippen molar-refractivity contribution in [2.24, 2.45) is 5.92 Å². The van der Waals surface area contributed by atoms with E-state index in [2.05, 4.69) is 49.5 Å². The summed E-state index contributed by atoms with van der Waals surface area (Å²) in [4.78, 5) is 6.32. The van der Waals surface area contributed by atoms with Crippen molar-refractivity contribution in [1.82, 2.24) is 10.3 Å². The summed E-state index contributed by atoms with van der Waals surface area (Å²) in [6.45, 7) is 5.52. The van der Waals surface area contributed by atoms with Gasteiger partial charge in [-0.25, -0.2) is 4.98 Å². The van der Waals surface area contributed by atoms with Gasteiger partial charge in [0.1, 0.15) is 0 Å². The summed E-state index contributed by atoms with van der Waals surface area (Å²) in [5.74, 6) is 0.738. The van der Waals surface area contributed by atoms with Crippen LogP contribution in [0.4, 0.5) is 0 Å². The Bertz CT molecular complexity index is 570. The number of nitrogens with one attached hydrogen (secondary N) is 1. The third-order valence-corrected chi connectivity index (χ3v) is 4.97. The SMILES string of the molecule is CC(C)CCc1nc(-c2ccccc2)c(CNC2CC2)s1. The summed E-state index contributed by atoms with van der Waals surface area (Å²) in [5.41, 5.74) is 2.43. The van der Waals surface area contributed by atoms with Crippen molar-refractivity contribution >= 4 is 11.3 Å². The van der Waals surface area contributed by atoms with Crippen LogP contribution in [0.3, 0.4) is 0 Å². The van der Waals surface area contributed by atoms with E-state index in [1.165, 1.54) is 40.4 Å². The van der Waals surface area contributed by atoms with Gasteiger partial charge in [-0.15, -0.1) is 11.3 Å².